The van der Waals surface area contributed by atoms with E-state index in [4.69, 9.17) is 24.9 Å². The molecule has 0 fully saturated rings. The Labute approximate surface area is 142 Å². The van der Waals surface area contributed by atoms with Crippen LogP contribution in [0.4, 0.5) is 0 Å². The van der Waals surface area contributed by atoms with E-state index in [1.165, 1.54) is 0 Å². The molecule has 0 radical (unpaired) electrons. The minimum absolute atomic E-state index is 0. The zero-order chi connectivity index (χ0) is 16.1. The second kappa shape index (κ2) is 9.81. The second-order valence-corrected chi connectivity index (χ2v) is 6.26. The first-order valence-corrected chi connectivity index (χ1v) is 7.84. The van der Waals surface area contributed by atoms with E-state index in [0.29, 0.717) is 0 Å². The van der Waals surface area contributed by atoms with Crippen LogP contribution < -0.4 is 29.6 Å². The molecule has 0 aliphatic carbocycles. The maximum Gasteiger partial charge on any atom is 1.00 e. The molecule has 12 nitrogen and oxygen atoms in total. The van der Waals surface area contributed by atoms with Crippen molar-refractivity contribution in [1.82, 2.24) is 0 Å². The molecule has 0 aliphatic heterocycles. The SMILES string of the molecule is O=C[C@H](OP(=O)(O)OP(=O)(O)O)[C@@H](O)[C@H](O)[C@H](O)CO.[H-].[Na+]. The van der Waals surface area contributed by atoms with Crippen LogP contribution in [0.2, 0.25) is 0 Å². The summed E-state index contributed by atoms with van der Waals surface area (Å²) in [7, 11) is -10.8. The van der Waals surface area contributed by atoms with Crippen LogP contribution in [-0.4, -0.2) is 72.4 Å². The van der Waals surface area contributed by atoms with Crippen LogP contribution in [0.5, 0.6) is 0 Å². The van der Waals surface area contributed by atoms with Gasteiger partial charge in [0.05, 0.1) is 6.61 Å². The molecule has 0 rings (SSSR count). The van der Waals surface area contributed by atoms with Gasteiger partial charge >= 0.3 is 45.2 Å². The van der Waals surface area contributed by atoms with Crippen molar-refractivity contribution in [2.45, 2.75) is 24.4 Å². The van der Waals surface area contributed by atoms with Gasteiger partial charge in [-0.05, 0) is 0 Å². The van der Waals surface area contributed by atoms with E-state index in [1.54, 1.807) is 0 Å². The van der Waals surface area contributed by atoms with Crippen LogP contribution in [-0.2, 0) is 22.8 Å². The van der Waals surface area contributed by atoms with Gasteiger partial charge in [-0.3, -0.25) is 4.52 Å². The van der Waals surface area contributed by atoms with Crippen LogP contribution in [0.1, 0.15) is 1.43 Å². The number of hydrogen-bond acceptors (Lipinski definition) is 9. The normalized spacial score (nSPS) is 20.5. The smallest absolute Gasteiger partial charge is 1.00 e. The number of hydrogen-bond donors (Lipinski definition) is 7. The van der Waals surface area contributed by atoms with E-state index in [1.807, 2.05) is 0 Å². The number of phosphoric acid groups is 2. The van der Waals surface area contributed by atoms with Gasteiger partial charge in [-0.2, -0.15) is 4.31 Å². The summed E-state index contributed by atoms with van der Waals surface area (Å²) in [5.41, 5.74) is 0. The van der Waals surface area contributed by atoms with Crippen molar-refractivity contribution in [3.8, 4) is 0 Å². The molecule has 1 unspecified atom stereocenters. The van der Waals surface area contributed by atoms with Gasteiger partial charge in [0, 0.05) is 0 Å². The number of carbonyl (C=O) groups excluding carboxylic acids is 1. The molecule has 0 aromatic heterocycles. The fraction of sp³-hybridized carbons (Fsp3) is 0.833. The van der Waals surface area contributed by atoms with Crippen molar-refractivity contribution in [2.75, 3.05) is 6.61 Å². The topological polar surface area (TPSA) is 211 Å². The molecule has 0 saturated carbocycles. The average Bonchev–Trinajstić information content (AvgIpc) is 2.30. The summed E-state index contributed by atoms with van der Waals surface area (Å²) in [5, 5.41) is 36.2. The Morgan fingerprint density at radius 2 is 1.57 bits per heavy atom. The Morgan fingerprint density at radius 3 is 1.90 bits per heavy atom. The van der Waals surface area contributed by atoms with Crippen molar-refractivity contribution in [3.05, 3.63) is 0 Å². The van der Waals surface area contributed by atoms with Crippen LogP contribution in [0, 0.1) is 0 Å². The van der Waals surface area contributed by atoms with Gasteiger partial charge in [0.25, 0.3) is 0 Å². The van der Waals surface area contributed by atoms with Crippen molar-refractivity contribution in [2.24, 2.45) is 0 Å². The second-order valence-electron chi connectivity index (χ2n) is 3.48. The number of carbonyl (C=O) groups is 1. The molecule has 15 heteroatoms. The summed E-state index contributed by atoms with van der Waals surface area (Å²) in [6, 6.07) is 0. The molecular formula is C6H15NaO12P2. The van der Waals surface area contributed by atoms with Crippen molar-refractivity contribution in [3.63, 3.8) is 0 Å². The standard InChI is InChI=1S/C6H14O12P2.Na.H/c7-1-3(9)5(10)6(11)4(2-8)17-20(15,16)18-19(12,13)14;;/h2-7,9-11H,1H2,(H,15,16)(H2,12,13,14);;/q;+1;-1/t3-,4+,5-,6-;;/m1../s1. The van der Waals surface area contributed by atoms with E-state index >= 15 is 0 Å². The van der Waals surface area contributed by atoms with Gasteiger partial charge in [0.15, 0.2) is 12.4 Å². The van der Waals surface area contributed by atoms with Crippen molar-refractivity contribution >= 4 is 21.9 Å². The van der Waals surface area contributed by atoms with Gasteiger partial charge < -0.3 is 41.3 Å². The first-order chi connectivity index (χ1) is 8.93. The largest absolute Gasteiger partial charge is 1.00 e. The van der Waals surface area contributed by atoms with E-state index in [0.717, 1.165) is 0 Å². The molecule has 122 valence electrons. The van der Waals surface area contributed by atoms with E-state index < -0.39 is 46.7 Å². The summed E-state index contributed by atoms with van der Waals surface area (Å²) in [6.07, 6.45) is -8.82. The average molecular weight is 364 g/mol. The third-order valence-corrected chi connectivity index (χ3v) is 4.05. The third kappa shape index (κ3) is 9.49. The molecule has 0 aliphatic rings. The molecule has 0 saturated heterocycles. The fourth-order valence-electron chi connectivity index (χ4n) is 1.01. The van der Waals surface area contributed by atoms with Crippen LogP contribution >= 0.6 is 15.6 Å². The van der Waals surface area contributed by atoms with Gasteiger partial charge in [0.1, 0.15) is 18.3 Å². The Hall–Kier alpha value is 0.770. The molecular weight excluding hydrogens is 349 g/mol. The first-order valence-electron chi connectivity index (χ1n) is 4.82. The summed E-state index contributed by atoms with van der Waals surface area (Å²) in [6.45, 7) is -1.00. The Kier molecular flexibility index (Phi) is 11.2. The first kappa shape index (κ1) is 24.0. The van der Waals surface area contributed by atoms with E-state index in [9.17, 15) is 24.1 Å². The quantitative estimate of drug-likeness (QED) is 0.116. The Balaban J connectivity index is -0.00000180. The van der Waals surface area contributed by atoms with Gasteiger partial charge in [-0.25, -0.2) is 9.13 Å². The third-order valence-electron chi connectivity index (χ3n) is 1.87. The predicted octanol–water partition coefficient (Wildman–Crippen LogP) is -6.03. The van der Waals surface area contributed by atoms with Gasteiger partial charge in [-0.15, -0.1) is 0 Å². The summed E-state index contributed by atoms with van der Waals surface area (Å²) in [5.74, 6) is 0. The number of aliphatic hydroxyl groups excluding tert-OH is 4. The molecule has 7 N–H and O–H groups in total. The van der Waals surface area contributed by atoms with Crippen molar-refractivity contribution < 1.29 is 88.8 Å². The van der Waals surface area contributed by atoms with Crippen LogP contribution in [0.15, 0.2) is 0 Å². The number of rotatable bonds is 9. The van der Waals surface area contributed by atoms with E-state index in [2.05, 4.69) is 8.83 Å². The number of aldehydes is 1. The Morgan fingerprint density at radius 1 is 1.10 bits per heavy atom. The molecule has 0 aromatic rings. The maximum absolute atomic E-state index is 11.1. The molecule has 21 heavy (non-hydrogen) atoms. The predicted molar refractivity (Wildman–Crippen MR) is 60.1 cm³/mol. The minimum atomic E-state index is -5.43. The minimum Gasteiger partial charge on any atom is -1.00 e. The number of phosphoric ester groups is 1. The van der Waals surface area contributed by atoms with Gasteiger partial charge in [-0.1, -0.05) is 0 Å². The van der Waals surface area contributed by atoms with Crippen molar-refractivity contribution in [1.29, 1.82) is 0 Å². The maximum atomic E-state index is 11.1. The van der Waals surface area contributed by atoms with Crippen LogP contribution in [0.25, 0.3) is 0 Å². The summed E-state index contributed by atoms with van der Waals surface area (Å²) >= 11 is 0. The zero-order valence-electron chi connectivity index (χ0n) is 11.7. The summed E-state index contributed by atoms with van der Waals surface area (Å²) < 4.78 is 28.8. The van der Waals surface area contributed by atoms with Gasteiger partial charge in [0.2, 0.25) is 0 Å². The van der Waals surface area contributed by atoms with E-state index in [-0.39, 0.29) is 37.3 Å². The number of aliphatic hydroxyl groups is 4. The molecule has 0 spiro atoms. The van der Waals surface area contributed by atoms with Crippen LogP contribution in [0.3, 0.4) is 0 Å². The Bertz CT molecular complexity index is 416. The zero-order valence-corrected chi connectivity index (χ0v) is 14.4. The molecule has 5 atom stereocenters. The molecule has 0 aromatic carbocycles. The summed E-state index contributed by atoms with van der Waals surface area (Å²) in [4.78, 5) is 36.1. The monoisotopic (exact) mass is 364 g/mol. The molecule has 0 heterocycles. The molecule has 0 amide bonds. The fourth-order valence-corrected chi connectivity index (χ4v) is 2.72. The molecule has 0 bridgehead atoms.